The van der Waals surface area contributed by atoms with Crippen LogP contribution in [0.15, 0.2) is 152 Å². The second-order valence-corrected chi connectivity index (χ2v) is 33.5. The molecule has 1 aliphatic carbocycles. The van der Waals surface area contributed by atoms with E-state index < -0.39 is 160 Å². The first-order chi connectivity index (χ1) is 52.3. The Balaban J connectivity index is 1.03. The second-order valence-electron chi connectivity index (χ2n) is 33.5. The number of rotatable bonds is 32. The predicted molar refractivity (Wildman–Crippen MR) is 422 cm³/mol. The lowest BCUT2D eigenvalue weighted by Gasteiger charge is -2.37. The smallest absolute Gasteiger partial charge is 0.417 e. The third-order valence-electron chi connectivity index (χ3n) is 20.1. The Bertz CT molecular complexity index is 4160. The van der Waals surface area contributed by atoms with Crippen molar-refractivity contribution < 1.29 is 67.0 Å². The molecule has 596 valence electrons. The van der Waals surface area contributed by atoms with E-state index in [4.69, 9.17) is 14.2 Å². The molecule has 9 rings (SSSR count). The number of hydrogen-bond acceptors (Lipinski definition) is 14. The van der Waals surface area contributed by atoms with Crippen molar-refractivity contribution in [2.45, 2.75) is 256 Å². The molecule has 25 nitrogen and oxygen atoms in total. The van der Waals surface area contributed by atoms with E-state index in [1.54, 1.807) is 113 Å². The molecule has 1 saturated carbocycles. The fraction of sp³-hybridized carbons (Fsp3) is 0.500. The van der Waals surface area contributed by atoms with Crippen LogP contribution in [0.1, 0.15) is 183 Å². The van der Waals surface area contributed by atoms with Crippen molar-refractivity contribution in [1.29, 1.82) is 0 Å². The van der Waals surface area contributed by atoms with Gasteiger partial charge in [0, 0.05) is 48.4 Å². The average Bonchev–Trinajstić information content (AvgIpc) is 1.24. The molecule has 0 radical (unpaired) electrons. The number of benzene rings is 5. The fourth-order valence-corrected chi connectivity index (χ4v) is 14.8. The largest absolute Gasteiger partial charge is 0.443 e. The predicted octanol–water partition coefficient (Wildman–Crippen LogP) is 9.04. The van der Waals surface area contributed by atoms with Gasteiger partial charge in [0.2, 0.25) is 59.1 Å². The summed E-state index contributed by atoms with van der Waals surface area (Å²) in [7, 11) is 0. The normalized spacial score (nSPS) is 17.7. The molecule has 3 aliphatic rings. The van der Waals surface area contributed by atoms with Gasteiger partial charge in [0.05, 0.1) is 29.8 Å². The Kier molecular flexibility index (Phi) is 27.7. The molecule has 25 heteroatoms. The van der Waals surface area contributed by atoms with Crippen LogP contribution in [-0.2, 0) is 80.5 Å². The summed E-state index contributed by atoms with van der Waals surface area (Å²) in [5.41, 5.74) is -0.617. The first-order valence-electron chi connectivity index (χ1n) is 38.7. The molecular weight excluding hydrogens is 1410 g/mol. The SMILES string of the molecule is CC(C)C[C@H](NC(=O)[C@@H]1CCC(=O)N1C(=O)OC(C)(C)C)C(=O)N[C@H](C(=O)N[C@@H](Cc1ccccc1)C(=O)N[C@H](C(=O)N1CCC[C@H]1C(=O)N[C@@H](CC(=O)NC(c1ccccc1)(c1ccccc1)c1ccccc1)C(=O)N[C@@H](Cc1c[nH]c2ccccc12)C(=O)NC(C)(C)C1CC1)[C@@H](C)OC(C)(C)C)[C@@H](C)OC(C)(C)C. The van der Waals surface area contributed by atoms with E-state index in [0.717, 1.165) is 34.2 Å². The summed E-state index contributed by atoms with van der Waals surface area (Å²) in [6.07, 6.45) is -0.163. The molecule has 6 aromatic rings. The highest BCUT2D eigenvalue weighted by atomic mass is 16.6. The number of amides is 11. The minimum atomic E-state index is -1.68. The molecule has 111 heavy (non-hydrogen) atoms. The Labute approximate surface area is 651 Å². The van der Waals surface area contributed by atoms with Gasteiger partial charge in [-0.25, -0.2) is 9.69 Å². The Morgan fingerprint density at radius 1 is 0.495 bits per heavy atom. The molecular formula is C86H113N11O14. The van der Waals surface area contributed by atoms with Gasteiger partial charge in [0.25, 0.3) is 0 Å². The van der Waals surface area contributed by atoms with Crippen LogP contribution in [0.2, 0.25) is 0 Å². The number of carbonyl (C=O) groups excluding carboxylic acids is 11. The van der Waals surface area contributed by atoms with Crippen molar-refractivity contribution in [2.75, 3.05) is 6.54 Å². The zero-order valence-electron chi connectivity index (χ0n) is 66.8. The number of nitrogens with one attached hydrogen (secondary N) is 9. The van der Waals surface area contributed by atoms with E-state index in [-0.39, 0.29) is 63.3 Å². The maximum atomic E-state index is 15.8. The lowest BCUT2D eigenvalue weighted by atomic mass is 9.77. The number of carbonyl (C=O) groups is 11. The average molecular weight is 1520 g/mol. The van der Waals surface area contributed by atoms with Gasteiger partial charge >= 0.3 is 6.09 Å². The number of hydrogen-bond donors (Lipinski definition) is 9. The molecule has 2 saturated heterocycles. The summed E-state index contributed by atoms with van der Waals surface area (Å²) in [6.45, 7) is 26.1. The van der Waals surface area contributed by atoms with E-state index >= 15 is 28.8 Å². The highest BCUT2D eigenvalue weighted by molar-refractivity contribution is 6.03. The van der Waals surface area contributed by atoms with E-state index in [2.05, 4.69) is 47.5 Å². The van der Waals surface area contributed by atoms with Crippen molar-refractivity contribution in [1.82, 2.24) is 57.3 Å². The number of fused-ring (bicyclic) bond motifs is 1. The number of aromatic nitrogens is 1. The number of likely N-dealkylation sites (tertiary alicyclic amines) is 2. The van der Waals surface area contributed by atoms with Gasteiger partial charge in [-0.15, -0.1) is 0 Å². The van der Waals surface area contributed by atoms with Crippen LogP contribution in [0.3, 0.4) is 0 Å². The summed E-state index contributed by atoms with van der Waals surface area (Å²) in [5, 5.41) is 24.5. The number of aromatic amines is 1. The van der Waals surface area contributed by atoms with E-state index in [0.29, 0.717) is 22.3 Å². The first-order valence-corrected chi connectivity index (χ1v) is 38.7. The van der Waals surface area contributed by atoms with Crippen molar-refractivity contribution in [3.8, 4) is 0 Å². The monoisotopic (exact) mass is 1520 g/mol. The summed E-state index contributed by atoms with van der Waals surface area (Å²) in [6, 6.07) is 33.0. The lowest BCUT2D eigenvalue weighted by Crippen LogP contribution is -2.64. The standard InChI is InChI=1S/C86H113N11O14/c1-52(2)47-63(89-78(105)68-44-45-70(99)97(68)81(108)111-84(11,12)13)74(101)92-71(53(3)109-82(5,6)7)79(106)91-64(48-55-31-20-16-21-32-55)75(102)93-72(54(4)110-83(8,9)10)80(107)96-46-30-41-67(96)77(104)90-66(50-69(98)94-86(58-33-22-17-23-34-58,59-35-24-18-25-36-59)60-37-26-19-27-38-60)73(100)88-65(76(103)95-85(14,15)57-42-43-57)49-56-51-87-62-40-29-28-39-61(56)62/h16-29,31-40,51-54,57,63-68,71-72,87H,30,41-50H2,1-15H3,(H,88,100)(H,89,105)(H,90,104)(H,91,106)(H,92,101)(H,93,102)(H,94,98)(H,95,103)/t53-,54-,63+,64+,65+,66+,67+,68+,71+,72+/m1/s1. The molecule has 0 unspecified atom stereocenters. The maximum Gasteiger partial charge on any atom is 0.417 e. The molecule has 1 aromatic heterocycles. The highest BCUT2D eigenvalue weighted by Crippen LogP contribution is 2.40. The quantitative estimate of drug-likeness (QED) is 0.0178. The summed E-state index contributed by atoms with van der Waals surface area (Å²) in [5.74, 6) is -7.54. The molecule has 2 aliphatic heterocycles. The second kappa shape index (κ2) is 36.3. The first kappa shape index (κ1) is 84.7. The van der Waals surface area contributed by atoms with E-state index in [1.807, 2.05) is 143 Å². The summed E-state index contributed by atoms with van der Waals surface area (Å²) < 4.78 is 18.3. The van der Waals surface area contributed by atoms with Crippen LogP contribution in [-0.4, -0.2) is 169 Å². The van der Waals surface area contributed by atoms with Crippen LogP contribution in [0, 0.1) is 11.8 Å². The zero-order valence-corrected chi connectivity index (χ0v) is 66.8. The molecule has 3 heterocycles. The molecule has 10 atom stereocenters. The van der Waals surface area contributed by atoms with Crippen LogP contribution in [0.25, 0.3) is 10.9 Å². The summed E-state index contributed by atoms with van der Waals surface area (Å²) in [4.78, 5) is 169. The van der Waals surface area contributed by atoms with Gasteiger partial charge in [0.1, 0.15) is 59.5 Å². The molecule has 3 fully saturated rings. The number of ether oxygens (including phenoxy) is 3. The molecule has 0 spiro atoms. The number of nitrogens with zero attached hydrogens (tertiary/aromatic N) is 2. The van der Waals surface area contributed by atoms with Crippen molar-refractivity contribution >= 4 is 76.1 Å². The van der Waals surface area contributed by atoms with Gasteiger partial charge in [-0.3, -0.25) is 47.9 Å². The van der Waals surface area contributed by atoms with Crippen molar-refractivity contribution in [3.05, 3.63) is 180 Å². The van der Waals surface area contributed by atoms with Crippen molar-refractivity contribution in [2.24, 2.45) is 11.8 Å². The van der Waals surface area contributed by atoms with E-state index in [1.165, 1.54) is 4.90 Å². The lowest BCUT2D eigenvalue weighted by molar-refractivity contribution is -0.149. The van der Waals surface area contributed by atoms with Gasteiger partial charge in [-0.2, -0.15) is 0 Å². The highest BCUT2D eigenvalue weighted by Gasteiger charge is 2.48. The van der Waals surface area contributed by atoms with Gasteiger partial charge in [0.15, 0.2) is 0 Å². The van der Waals surface area contributed by atoms with Crippen LogP contribution < -0.4 is 42.5 Å². The van der Waals surface area contributed by atoms with Crippen LogP contribution >= 0.6 is 0 Å². The molecule has 0 bridgehead atoms. The molecule has 5 aromatic carbocycles. The van der Waals surface area contributed by atoms with Crippen LogP contribution in [0.5, 0.6) is 0 Å². The minimum Gasteiger partial charge on any atom is -0.443 e. The Morgan fingerprint density at radius 3 is 1.53 bits per heavy atom. The molecule has 9 N–H and O–H groups in total. The topological polar surface area (TPSA) is 334 Å². The van der Waals surface area contributed by atoms with Crippen molar-refractivity contribution in [3.63, 3.8) is 0 Å². The minimum absolute atomic E-state index is 0.00344. The number of para-hydroxylation sites is 1. The van der Waals surface area contributed by atoms with Gasteiger partial charge < -0.3 is 66.6 Å². The van der Waals surface area contributed by atoms with E-state index in [9.17, 15) is 24.0 Å². The van der Waals surface area contributed by atoms with Gasteiger partial charge in [-0.05, 0) is 174 Å². The fourth-order valence-electron chi connectivity index (χ4n) is 14.8. The van der Waals surface area contributed by atoms with Gasteiger partial charge in [-0.1, -0.05) is 153 Å². The Morgan fingerprint density at radius 2 is 0.982 bits per heavy atom. The molecule has 11 amide bonds. The van der Waals surface area contributed by atoms with Crippen LogP contribution in [0.4, 0.5) is 4.79 Å². The zero-order chi connectivity index (χ0) is 80.9. The number of imide groups is 1. The maximum absolute atomic E-state index is 15.8. The number of H-pyrrole nitrogens is 1. The third-order valence-corrected chi connectivity index (χ3v) is 20.1. The summed E-state index contributed by atoms with van der Waals surface area (Å²) >= 11 is 0. The third kappa shape index (κ3) is 22.7. The Hall–Kier alpha value is -10.3.